The summed E-state index contributed by atoms with van der Waals surface area (Å²) in [5.41, 5.74) is 6.79. The minimum atomic E-state index is -0.873. The van der Waals surface area contributed by atoms with Gasteiger partial charge in [0.15, 0.2) is 12.3 Å². The molecule has 0 saturated carbocycles. The molecule has 0 aliphatic carbocycles. The van der Waals surface area contributed by atoms with E-state index >= 15 is 0 Å². The largest absolute Gasteiger partial charge is 0.454 e. The Labute approximate surface area is 197 Å². The molecular weight excluding hydrogens is 458 g/mol. The molecule has 0 saturated heterocycles. The molecule has 4 rings (SSSR count). The van der Waals surface area contributed by atoms with Crippen molar-refractivity contribution in [2.75, 3.05) is 11.9 Å². The van der Waals surface area contributed by atoms with Crippen molar-refractivity contribution in [1.29, 1.82) is 0 Å². The lowest BCUT2D eigenvalue weighted by atomic mass is 10.1. The number of esters is 1. The van der Waals surface area contributed by atoms with E-state index in [2.05, 4.69) is 15.4 Å². The highest BCUT2D eigenvalue weighted by atomic mass is 32.1. The van der Waals surface area contributed by atoms with Gasteiger partial charge >= 0.3 is 5.97 Å². The fourth-order valence-electron chi connectivity index (χ4n) is 3.29. The Balaban J connectivity index is 1.40. The van der Waals surface area contributed by atoms with Crippen molar-refractivity contribution in [3.05, 3.63) is 75.0 Å². The molecule has 0 aliphatic heterocycles. The normalized spacial score (nSPS) is 10.7. The van der Waals surface area contributed by atoms with E-state index in [1.165, 1.54) is 17.4 Å². The average Bonchev–Trinajstić information content (AvgIpc) is 3.26. The average molecular weight is 478 g/mol. The van der Waals surface area contributed by atoms with Gasteiger partial charge in [0.2, 0.25) is 0 Å². The number of carbonyl (C=O) groups is 3. The number of fused-ring (bicyclic) bond motifs is 1. The van der Waals surface area contributed by atoms with Crippen molar-refractivity contribution in [3.63, 3.8) is 0 Å². The number of rotatable bonds is 7. The number of amides is 2. The van der Waals surface area contributed by atoms with E-state index in [9.17, 15) is 19.2 Å². The standard InChI is InChI=1S/C23H19N5O5S/c1-13-25-18(12-34-13)14-5-4-6-15(9-14)26-19(29)11-33-20(30)10-28-23(32)17-8-3-2-7-16(17)21(27-28)22(24)31/h2-9,12H,10-11H2,1H3,(H2,24,31)(H,26,29). The van der Waals surface area contributed by atoms with Gasteiger partial charge in [0.25, 0.3) is 17.4 Å². The van der Waals surface area contributed by atoms with Gasteiger partial charge in [-0.25, -0.2) is 9.67 Å². The number of ether oxygens (including phenoxy) is 1. The third-order valence-electron chi connectivity index (χ3n) is 4.81. The van der Waals surface area contributed by atoms with E-state index in [0.717, 1.165) is 20.9 Å². The molecule has 0 bridgehead atoms. The monoisotopic (exact) mass is 477 g/mol. The molecule has 34 heavy (non-hydrogen) atoms. The number of hydrogen-bond donors (Lipinski definition) is 2. The van der Waals surface area contributed by atoms with Crippen LogP contribution in [0.4, 0.5) is 5.69 Å². The highest BCUT2D eigenvalue weighted by Crippen LogP contribution is 2.24. The fourth-order valence-corrected chi connectivity index (χ4v) is 3.91. The van der Waals surface area contributed by atoms with E-state index < -0.39 is 36.5 Å². The summed E-state index contributed by atoms with van der Waals surface area (Å²) < 4.78 is 5.78. The molecule has 2 amide bonds. The molecular formula is C23H19N5O5S. The number of anilines is 1. The number of nitrogens with two attached hydrogens (primary N) is 1. The van der Waals surface area contributed by atoms with Crippen molar-refractivity contribution < 1.29 is 19.1 Å². The molecule has 0 radical (unpaired) electrons. The Bertz CT molecular complexity index is 1480. The number of hydrogen-bond acceptors (Lipinski definition) is 8. The maximum atomic E-state index is 12.6. The molecule has 2 aromatic heterocycles. The Hall–Kier alpha value is -4.38. The lowest BCUT2D eigenvalue weighted by Gasteiger charge is -2.10. The van der Waals surface area contributed by atoms with Crippen LogP contribution in [0.3, 0.4) is 0 Å². The van der Waals surface area contributed by atoms with E-state index in [1.807, 2.05) is 18.4 Å². The van der Waals surface area contributed by atoms with Crippen molar-refractivity contribution in [2.45, 2.75) is 13.5 Å². The minimum absolute atomic E-state index is 0.143. The number of primary amides is 1. The summed E-state index contributed by atoms with van der Waals surface area (Å²) in [5.74, 6) is -2.27. The number of thiazole rings is 1. The van der Waals surface area contributed by atoms with Crippen LogP contribution in [-0.4, -0.2) is 39.2 Å². The molecule has 3 N–H and O–H groups in total. The predicted molar refractivity (Wildman–Crippen MR) is 126 cm³/mol. The molecule has 172 valence electrons. The van der Waals surface area contributed by atoms with E-state index in [-0.39, 0.29) is 11.1 Å². The summed E-state index contributed by atoms with van der Waals surface area (Å²) >= 11 is 1.52. The highest BCUT2D eigenvalue weighted by molar-refractivity contribution is 7.09. The summed E-state index contributed by atoms with van der Waals surface area (Å²) in [6.07, 6.45) is 0. The van der Waals surface area contributed by atoms with Gasteiger partial charge in [0.1, 0.15) is 6.54 Å². The van der Waals surface area contributed by atoms with Crippen LogP contribution in [0.1, 0.15) is 15.5 Å². The van der Waals surface area contributed by atoms with Crippen LogP contribution in [0.2, 0.25) is 0 Å². The number of nitrogens with one attached hydrogen (secondary N) is 1. The zero-order valence-electron chi connectivity index (χ0n) is 18.0. The molecule has 0 aliphatic rings. The number of aryl methyl sites for hydroxylation is 1. The summed E-state index contributed by atoms with van der Waals surface area (Å²) in [4.78, 5) is 53.3. The summed E-state index contributed by atoms with van der Waals surface area (Å²) in [7, 11) is 0. The number of nitrogens with zero attached hydrogens (tertiary/aromatic N) is 3. The van der Waals surface area contributed by atoms with Crippen LogP contribution in [0.5, 0.6) is 0 Å². The van der Waals surface area contributed by atoms with Gasteiger partial charge in [-0.1, -0.05) is 30.3 Å². The Morgan fingerprint density at radius 1 is 1.12 bits per heavy atom. The maximum absolute atomic E-state index is 12.6. The third kappa shape index (κ3) is 4.99. The molecule has 0 atom stereocenters. The second-order valence-corrected chi connectivity index (χ2v) is 8.32. The van der Waals surface area contributed by atoms with E-state index in [1.54, 1.807) is 36.4 Å². The van der Waals surface area contributed by atoms with Gasteiger partial charge in [0, 0.05) is 22.0 Å². The summed E-state index contributed by atoms with van der Waals surface area (Å²) in [5, 5.41) is 9.88. The third-order valence-corrected chi connectivity index (χ3v) is 5.58. The lowest BCUT2D eigenvalue weighted by molar-refractivity contribution is -0.148. The number of carbonyl (C=O) groups excluding carboxylic acids is 3. The van der Waals surface area contributed by atoms with Gasteiger partial charge in [0.05, 0.1) is 16.1 Å². The zero-order valence-corrected chi connectivity index (χ0v) is 18.8. The van der Waals surface area contributed by atoms with Crippen LogP contribution in [-0.2, 0) is 20.9 Å². The first kappa shape index (κ1) is 22.8. The van der Waals surface area contributed by atoms with Crippen molar-refractivity contribution in [2.24, 2.45) is 5.73 Å². The van der Waals surface area contributed by atoms with Crippen LogP contribution < -0.4 is 16.6 Å². The smallest absolute Gasteiger partial charge is 0.328 e. The van der Waals surface area contributed by atoms with Gasteiger partial charge in [-0.2, -0.15) is 5.10 Å². The summed E-state index contributed by atoms with van der Waals surface area (Å²) in [6, 6.07) is 13.4. The van der Waals surface area contributed by atoms with Crippen LogP contribution in [0.25, 0.3) is 22.0 Å². The summed E-state index contributed by atoms with van der Waals surface area (Å²) in [6.45, 7) is 0.754. The second-order valence-electron chi connectivity index (χ2n) is 7.26. The zero-order chi connectivity index (χ0) is 24.2. The van der Waals surface area contributed by atoms with Gasteiger partial charge in [-0.05, 0) is 25.1 Å². The molecule has 2 aromatic carbocycles. The van der Waals surface area contributed by atoms with Crippen molar-refractivity contribution in [1.82, 2.24) is 14.8 Å². The topological polar surface area (TPSA) is 146 Å². The molecule has 0 fully saturated rings. The molecule has 2 heterocycles. The van der Waals surface area contributed by atoms with Crippen LogP contribution >= 0.6 is 11.3 Å². The SMILES string of the molecule is Cc1nc(-c2cccc(NC(=O)COC(=O)Cn3nc(C(N)=O)c4ccccc4c3=O)c2)cs1. The van der Waals surface area contributed by atoms with Gasteiger partial charge in [-0.3, -0.25) is 19.2 Å². The predicted octanol–water partition coefficient (Wildman–Crippen LogP) is 2.11. The van der Waals surface area contributed by atoms with E-state index in [4.69, 9.17) is 10.5 Å². The molecule has 0 spiro atoms. The molecule has 0 unspecified atom stereocenters. The molecule has 11 heteroatoms. The van der Waals surface area contributed by atoms with Gasteiger partial charge in [-0.15, -0.1) is 11.3 Å². The van der Waals surface area contributed by atoms with E-state index in [0.29, 0.717) is 11.1 Å². The quantitative estimate of drug-likeness (QED) is 0.388. The Kier molecular flexibility index (Phi) is 6.46. The van der Waals surface area contributed by atoms with Crippen LogP contribution in [0, 0.1) is 6.92 Å². The lowest BCUT2D eigenvalue weighted by Crippen LogP contribution is -2.32. The van der Waals surface area contributed by atoms with Gasteiger partial charge < -0.3 is 15.8 Å². The fraction of sp³-hybridized carbons (Fsp3) is 0.130. The van der Waals surface area contributed by atoms with Crippen molar-refractivity contribution >= 4 is 45.6 Å². The van der Waals surface area contributed by atoms with Crippen LogP contribution in [0.15, 0.2) is 58.7 Å². The number of benzene rings is 2. The number of aromatic nitrogens is 3. The molecule has 10 nitrogen and oxygen atoms in total. The Morgan fingerprint density at radius 2 is 1.88 bits per heavy atom. The minimum Gasteiger partial charge on any atom is -0.454 e. The molecule has 4 aromatic rings. The highest BCUT2D eigenvalue weighted by Gasteiger charge is 2.17. The first-order chi connectivity index (χ1) is 16.3. The first-order valence-corrected chi connectivity index (χ1v) is 11.0. The Morgan fingerprint density at radius 3 is 2.59 bits per heavy atom. The second kappa shape index (κ2) is 9.63. The maximum Gasteiger partial charge on any atom is 0.328 e. The van der Waals surface area contributed by atoms with Crippen molar-refractivity contribution in [3.8, 4) is 11.3 Å². The first-order valence-electron chi connectivity index (χ1n) is 10.1.